The third kappa shape index (κ3) is 2.71. The summed E-state index contributed by atoms with van der Waals surface area (Å²) in [6.45, 7) is 3.91. The van der Waals surface area contributed by atoms with E-state index in [1.54, 1.807) is 0 Å². The first kappa shape index (κ1) is 13.8. The second-order valence-corrected chi connectivity index (χ2v) is 7.70. The van der Waals surface area contributed by atoms with Crippen molar-refractivity contribution in [3.05, 3.63) is 33.8 Å². The number of aryl methyl sites for hydroxylation is 2. The quantitative estimate of drug-likeness (QED) is 0.909. The Labute approximate surface area is 113 Å². The molecular formula is C13H17ClO3S. The van der Waals surface area contributed by atoms with Crippen LogP contribution in [0.15, 0.2) is 12.1 Å². The molecule has 1 aromatic rings. The van der Waals surface area contributed by atoms with Crippen molar-refractivity contribution in [3.63, 3.8) is 0 Å². The van der Waals surface area contributed by atoms with Gasteiger partial charge in [-0.3, -0.25) is 0 Å². The third-order valence-electron chi connectivity index (χ3n) is 3.65. The molecule has 1 N–H and O–H groups in total. The molecule has 1 heterocycles. The molecule has 5 heteroatoms. The Morgan fingerprint density at radius 1 is 1.33 bits per heavy atom. The summed E-state index contributed by atoms with van der Waals surface area (Å²) in [5.41, 5.74) is 2.76. The zero-order chi connectivity index (χ0) is 13.5. The van der Waals surface area contributed by atoms with E-state index >= 15 is 0 Å². The highest BCUT2D eigenvalue weighted by molar-refractivity contribution is 7.91. The normalized spacial score (nSPS) is 24.1. The van der Waals surface area contributed by atoms with Gasteiger partial charge in [0.2, 0.25) is 0 Å². The van der Waals surface area contributed by atoms with Gasteiger partial charge in [0.25, 0.3) is 0 Å². The fourth-order valence-electron chi connectivity index (χ4n) is 2.36. The molecule has 0 aliphatic carbocycles. The summed E-state index contributed by atoms with van der Waals surface area (Å²) in [6, 6.07) is 3.67. The van der Waals surface area contributed by atoms with Crippen LogP contribution in [0.5, 0.6) is 0 Å². The summed E-state index contributed by atoms with van der Waals surface area (Å²) in [5.74, 6) is -0.0242. The Morgan fingerprint density at radius 3 is 2.50 bits per heavy atom. The number of benzene rings is 1. The largest absolute Gasteiger partial charge is 0.388 e. The topological polar surface area (TPSA) is 54.4 Å². The van der Waals surface area contributed by atoms with Gasteiger partial charge in [0, 0.05) is 10.9 Å². The van der Waals surface area contributed by atoms with Gasteiger partial charge < -0.3 is 5.11 Å². The molecule has 1 aliphatic rings. The second kappa shape index (κ2) is 4.83. The molecule has 2 unspecified atom stereocenters. The van der Waals surface area contributed by atoms with Crippen LogP contribution in [0.4, 0.5) is 0 Å². The summed E-state index contributed by atoms with van der Waals surface area (Å²) < 4.78 is 22.9. The van der Waals surface area contributed by atoms with Crippen LogP contribution in [0, 0.1) is 19.8 Å². The van der Waals surface area contributed by atoms with Crippen molar-refractivity contribution in [2.45, 2.75) is 26.4 Å². The standard InChI is InChI=1S/C13H17ClO3S/c1-8-5-11(12(14)6-9(8)2)13(15)10-3-4-18(16,17)7-10/h5-6,10,13,15H,3-4,7H2,1-2H3. The SMILES string of the molecule is Cc1cc(Cl)c(C(O)C2CCS(=O)(=O)C2)cc1C. The molecule has 1 fully saturated rings. The Hall–Kier alpha value is -0.580. The van der Waals surface area contributed by atoms with Crippen LogP contribution in [0.3, 0.4) is 0 Å². The fraction of sp³-hybridized carbons (Fsp3) is 0.538. The van der Waals surface area contributed by atoms with Crippen molar-refractivity contribution in [1.82, 2.24) is 0 Å². The molecule has 100 valence electrons. The number of aliphatic hydroxyl groups is 1. The van der Waals surface area contributed by atoms with Gasteiger partial charge in [-0.1, -0.05) is 17.7 Å². The van der Waals surface area contributed by atoms with Crippen molar-refractivity contribution in [3.8, 4) is 0 Å². The number of hydrogen-bond donors (Lipinski definition) is 1. The minimum Gasteiger partial charge on any atom is -0.388 e. The van der Waals surface area contributed by atoms with Gasteiger partial charge in [0.1, 0.15) is 0 Å². The summed E-state index contributed by atoms with van der Waals surface area (Å²) in [4.78, 5) is 0. The molecule has 2 atom stereocenters. The molecule has 0 bridgehead atoms. The minimum atomic E-state index is -2.98. The van der Waals surface area contributed by atoms with Gasteiger partial charge in [0.15, 0.2) is 9.84 Å². The second-order valence-electron chi connectivity index (χ2n) is 5.07. The predicted molar refractivity (Wildman–Crippen MR) is 72.6 cm³/mol. The molecule has 2 rings (SSSR count). The van der Waals surface area contributed by atoms with E-state index in [9.17, 15) is 13.5 Å². The van der Waals surface area contributed by atoms with E-state index in [2.05, 4.69) is 0 Å². The molecule has 1 aromatic carbocycles. The number of halogens is 1. The molecule has 0 aromatic heterocycles. The number of rotatable bonds is 2. The van der Waals surface area contributed by atoms with Gasteiger partial charge >= 0.3 is 0 Å². The Kier molecular flexibility index (Phi) is 3.72. The van der Waals surface area contributed by atoms with Crippen LogP contribution in [-0.2, 0) is 9.84 Å². The van der Waals surface area contributed by atoms with Crippen molar-refractivity contribution >= 4 is 21.4 Å². The van der Waals surface area contributed by atoms with E-state index in [0.717, 1.165) is 11.1 Å². The molecule has 1 aliphatic heterocycles. The van der Waals surface area contributed by atoms with Gasteiger partial charge in [0.05, 0.1) is 17.6 Å². The highest BCUT2D eigenvalue weighted by Crippen LogP contribution is 2.35. The van der Waals surface area contributed by atoms with Crippen LogP contribution in [0.25, 0.3) is 0 Å². The summed E-state index contributed by atoms with van der Waals surface area (Å²) in [6.07, 6.45) is -0.290. The highest BCUT2D eigenvalue weighted by Gasteiger charge is 2.34. The van der Waals surface area contributed by atoms with Gasteiger partial charge in [-0.25, -0.2) is 8.42 Å². The third-order valence-corrected chi connectivity index (χ3v) is 5.77. The number of sulfone groups is 1. The van der Waals surface area contributed by atoms with E-state index in [0.29, 0.717) is 17.0 Å². The average molecular weight is 289 g/mol. The lowest BCUT2D eigenvalue weighted by Crippen LogP contribution is -2.15. The van der Waals surface area contributed by atoms with Crippen LogP contribution in [0.2, 0.25) is 5.02 Å². The monoisotopic (exact) mass is 288 g/mol. The summed E-state index contributed by atoms with van der Waals surface area (Å²) in [7, 11) is -2.98. The van der Waals surface area contributed by atoms with Gasteiger partial charge in [-0.2, -0.15) is 0 Å². The maximum absolute atomic E-state index is 11.4. The average Bonchev–Trinajstić information content (AvgIpc) is 2.63. The molecular weight excluding hydrogens is 272 g/mol. The lowest BCUT2D eigenvalue weighted by Gasteiger charge is -2.19. The summed E-state index contributed by atoms with van der Waals surface area (Å²) >= 11 is 6.14. The first-order valence-corrected chi connectivity index (χ1v) is 8.15. The zero-order valence-corrected chi connectivity index (χ0v) is 12.1. The zero-order valence-electron chi connectivity index (χ0n) is 10.5. The maximum Gasteiger partial charge on any atom is 0.150 e. The van der Waals surface area contributed by atoms with Crippen LogP contribution >= 0.6 is 11.6 Å². The molecule has 0 amide bonds. The minimum absolute atomic E-state index is 0.0530. The van der Waals surface area contributed by atoms with Crippen LogP contribution in [-0.4, -0.2) is 25.0 Å². The van der Waals surface area contributed by atoms with Crippen molar-refractivity contribution in [1.29, 1.82) is 0 Å². The van der Waals surface area contributed by atoms with Crippen LogP contribution in [0.1, 0.15) is 29.2 Å². The lowest BCUT2D eigenvalue weighted by atomic mass is 9.93. The van der Waals surface area contributed by atoms with E-state index in [1.165, 1.54) is 0 Å². The Balaban J connectivity index is 2.30. The molecule has 0 radical (unpaired) electrons. The predicted octanol–water partition coefficient (Wildman–Crippen LogP) is 2.42. The van der Waals surface area contributed by atoms with Gasteiger partial charge in [-0.05, 0) is 43.0 Å². The lowest BCUT2D eigenvalue weighted by molar-refractivity contribution is 0.121. The molecule has 0 spiro atoms. The Bertz CT molecular complexity index is 566. The summed E-state index contributed by atoms with van der Waals surface area (Å²) in [5, 5.41) is 10.8. The molecule has 1 saturated heterocycles. The van der Waals surface area contributed by atoms with E-state index in [4.69, 9.17) is 11.6 Å². The smallest absolute Gasteiger partial charge is 0.150 e. The first-order chi connectivity index (χ1) is 8.30. The van der Waals surface area contributed by atoms with E-state index < -0.39 is 15.9 Å². The highest BCUT2D eigenvalue weighted by atomic mass is 35.5. The maximum atomic E-state index is 11.4. The van der Waals surface area contributed by atoms with Gasteiger partial charge in [-0.15, -0.1) is 0 Å². The van der Waals surface area contributed by atoms with Crippen molar-refractivity contribution < 1.29 is 13.5 Å². The first-order valence-electron chi connectivity index (χ1n) is 5.95. The number of hydrogen-bond acceptors (Lipinski definition) is 3. The van der Waals surface area contributed by atoms with Crippen molar-refractivity contribution in [2.75, 3.05) is 11.5 Å². The Morgan fingerprint density at radius 2 is 1.94 bits per heavy atom. The van der Waals surface area contributed by atoms with Crippen LogP contribution < -0.4 is 0 Å². The van der Waals surface area contributed by atoms with E-state index in [1.807, 2.05) is 26.0 Å². The number of aliphatic hydroxyl groups excluding tert-OH is 1. The fourth-order valence-corrected chi connectivity index (χ4v) is 4.52. The molecule has 0 saturated carbocycles. The van der Waals surface area contributed by atoms with Crippen molar-refractivity contribution in [2.24, 2.45) is 5.92 Å². The molecule has 3 nitrogen and oxygen atoms in total. The molecule has 18 heavy (non-hydrogen) atoms. The van der Waals surface area contributed by atoms with E-state index in [-0.39, 0.29) is 17.4 Å².